The molecule has 122 valence electrons. The Morgan fingerprint density at radius 1 is 1.45 bits per heavy atom. The largest absolute Gasteiger partial charge is 0.376 e. The zero-order chi connectivity index (χ0) is 15.8. The van der Waals surface area contributed by atoms with Gasteiger partial charge < -0.3 is 19.7 Å². The van der Waals surface area contributed by atoms with Crippen LogP contribution in [0.3, 0.4) is 0 Å². The van der Waals surface area contributed by atoms with Gasteiger partial charge in [-0.05, 0) is 24.7 Å². The molecular formula is C16H23ClN2O3. The summed E-state index contributed by atoms with van der Waals surface area (Å²) in [6.45, 7) is 3.93. The van der Waals surface area contributed by atoms with Crippen molar-refractivity contribution in [1.82, 2.24) is 10.2 Å². The number of carbonyl (C=O) groups is 1. The Morgan fingerprint density at radius 3 is 3.05 bits per heavy atom. The third kappa shape index (κ3) is 6.32. The molecule has 0 spiro atoms. The van der Waals surface area contributed by atoms with Gasteiger partial charge in [-0.15, -0.1) is 0 Å². The molecule has 6 heteroatoms. The molecular weight excluding hydrogens is 304 g/mol. The Bertz CT molecular complexity index is 478. The van der Waals surface area contributed by atoms with Crippen molar-refractivity contribution in [1.29, 1.82) is 0 Å². The maximum Gasteiger partial charge on any atom is 0.221 e. The minimum absolute atomic E-state index is 0.0349. The van der Waals surface area contributed by atoms with Crippen molar-refractivity contribution in [3.63, 3.8) is 0 Å². The second kappa shape index (κ2) is 9.10. The molecule has 0 saturated carbocycles. The van der Waals surface area contributed by atoms with Gasteiger partial charge in [0.25, 0.3) is 0 Å². The first-order chi connectivity index (χ1) is 10.6. The zero-order valence-electron chi connectivity index (χ0n) is 12.9. The van der Waals surface area contributed by atoms with Crippen LogP contribution in [0.25, 0.3) is 0 Å². The fourth-order valence-corrected chi connectivity index (χ4v) is 2.52. The summed E-state index contributed by atoms with van der Waals surface area (Å²) >= 11 is 5.91. The molecule has 1 amide bonds. The Labute approximate surface area is 136 Å². The molecule has 0 bridgehead atoms. The second-order valence-electron chi connectivity index (χ2n) is 5.49. The van der Waals surface area contributed by atoms with Crippen molar-refractivity contribution in [3.05, 3.63) is 34.9 Å². The lowest BCUT2D eigenvalue weighted by atomic mass is 10.2. The Kier molecular flexibility index (Phi) is 7.12. The summed E-state index contributed by atoms with van der Waals surface area (Å²) in [6, 6.07) is 7.50. The predicted molar refractivity (Wildman–Crippen MR) is 86.0 cm³/mol. The van der Waals surface area contributed by atoms with E-state index in [1.54, 1.807) is 0 Å². The van der Waals surface area contributed by atoms with Gasteiger partial charge in [0.15, 0.2) is 0 Å². The highest BCUT2D eigenvalue weighted by atomic mass is 35.5. The highest BCUT2D eigenvalue weighted by molar-refractivity contribution is 6.30. The predicted octanol–water partition coefficient (Wildman–Crippen LogP) is 1.69. The second-order valence-corrected chi connectivity index (χ2v) is 5.92. The van der Waals surface area contributed by atoms with Crippen LogP contribution < -0.4 is 5.32 Å². The molecule has 0 aromatic heterocycles. The van der Waals surface area contributed by atoms with Gasteiger partial charge in [-0.2, -0.15) is 0 Å². The summed E-state index contributed by atoms with van der Waals surface area (Å²) < 4.78 is 11.0. The van der Waals surface area contributed by atoms with E-state index in [-0.39, 0.29) is 12.0 Å². The van der Waals surface area contributed by atoms with Gasteiger partial charge >= 0.3 is 0 Å². The number of benzene rings is 1. The lowest BCUT2D eigenvalue weighted by Gasteiger charge is -2.27. The molecule has 0 radical (unpaired) electrons. The van der Waals surface area contributed by atoms with Crippen molar-refractivity contribution in [2.24, 2.45) is 0 Å². The molecule has 1 aromatic carbocycles. The van der Waals surface area contributed by atoms with Gasteiger partial charge in [0.05, 0.1) is 25.9 Å². The van der Waals surface area contributed by atoms with Gasteiger partial charge in [0.1, 0.15) is 0 Å². The normalized spacial score (nSPS) is 18.4. The Balaban J connectivity index is 1.62. The van der Waals surface area contributed by atoms with E-state index in [2.05, 4.69) is 10.2 Å². The first-order valence-corrected chi connectivity index (χ1v) is 7.90. The average Bonchev–Trinajstić information content (AvgIpc) is 2.52. The van der Waals surface area contributed by atoms with E-state index in [1.807, 2.05) is 31.3 Å². The molecule has 1 aliphatic rings. The zero-order valence-corrected chi connectivity index (χ0v) is 13.6. The number of nitrogens with one attached hydrogen (secondary N) is 1. The van der Waals surface area contributed by atoms with Crippen LogP contribution in [0.4, 0.5) is 0 Å². The Morgan fingerprint density at radius 2 is 2.32 bits per heavy atom. The van der Waals surface area contributed by atoms with Crippen LogP contribution in [0.1, 0.15) is 12.0 Å². The van der Waals surface area contributed by atoms with Crippen LogP contribution in [0, 0.1) is 0 Å². The van der Waals surface area contributed by atoms with E-state index in [1.165, 1.54) is 0 Å². The lowest BCUT2D eigenvalue weighted by Crippen LogP contribution is -2.39. The summed E-state index contributed by atoms with van der Waals surface area (Å²) in [6.07, 6.45) is 0.568. The van der Waals surface area contributed by atoms with Crippen molar-refractivity contribution in [2.75, 3.05) is 40.0 Å². The third-order valence-corrected chi connectivity index (χ3v) is 3.73. The van der Waals surface area contributed by atoms with Gasteiger partial charge in [-0.3, -0.25) is 4.79 Å². The van der Waals surface area contributed by atoms with Crippen molar-refractivity contribution in [3.8, 4) is 0 Å². The van der Waals surface area contributed by atoms with E-state index < -0.39 is 0 Å². The summed E-state index contributed by atoms with van der Waals surface area (Å²) in [5.74, 6) is 0.0349. The molecule has 1 atom stereocenters. The van der Waals surface area contributed by atoms with Crippen molar-refractivity contribution in [2.45, 2.75) is 19.1 Å². The standard InChI is InChI=1S/C16H23ClN2O3/c1-19(11-15-12-21-7-8-22-15)6-5-16(20)18-10-13-3-2-4-14(17)9-13/h2-4,9,15H,5-8,10-12H2,1H3,(H,18,20). The smallest absolute Gasteiger partial charge is 0.221 e. The Hall–Kier alpha value is -1.14. The molecule has 22 heavy (non-hydrogen) atoms. The lowest BCUT2D eigenvalue weighted by molar-refractivity contribution is -0.122. The van der Waals surface area contributed by atoms with Gasteiger partial charge in [0.2, 0.25) is 5.91 Å². The fraction of sp³-hybridized carbons (Fsp3) is 0.562. The molecule has 1 saturated heterocycles. The summed E-state index contributed by atoms with van der Waals surface area (Å²) in [4.78, 5) is 14.0. The number of likely N-dealkylation sites (N-methyl/N-ethyl adjacent to an activating group) is 1. The first-order valence-electron chi connectivity index (χ1n) is 7.52. The minimum atomic E-state index is 0.0349. The van der Waals surface area contributed by atoms with Crippen LogP contribution in [0.5, 0.6) is 0 Å². The van der Waals surface area contributed by atoms with E-state index in [4.69, 9.17) is 21.1 Å². The monoisotopic (exact) mass is 326 g/mol. The number of ether oxygens (including phenoxy) is 2. The molecule has 1 heterocycles. The van der Waals surface area contributed by atoms with E-state index >= 15 is 0 Å². The van der Waals surface area contributed by atoms with Crippen LogP contribution in [0.2, 0.25) is 5.02 Å². The summed E-state index contributed by atoms with van der Waals surface area (Å²) in [5.41, 5.74) is 1.00. The number of rotatable bonds is 7. The molecule has 1 N–H and O–H groups in total. The average molecular weight is 327 g/mol. The first kappa shape index (κ1) is 17.2. The van der Waals surface area contributed by atoms with E-state index in [9.17, 15) is 4.79 Å². The number of hydrogen-bond donors (Lipinski definition) is 1. The quantitative estimate of drug-likeness (QED) is 0.828. The maximum absolute atomic E-state index is 11.9. The van der Waals surface area contributed by atoms with Gasteiger partial charge in [-0.1, -0.05) is 23.7 Å². The maximum atomic E-state index is 11.9. The molecule has 1 aliphatic heterocycles. The number of hydrogen-bond acceptors (Lipinski definition) is 4. The van der Waals surface area contributed by atoms with E-state index in [0.29, 0.717) is 44.4 Å². The SMILES string of the molecule is CN(CCC(=O)NCc1cccc(Cl)c1)CC1COCCO1. The van der Waals surface area contributed by atoms with Crippen LogP contribution in [-0.2, 0) is 20.8 Å². The molecule has 0 aliphatic carbocycles. The highest BCUT2D eigenvalue weighted by Gasteiger charge is 2.16. The van der Waals surface area contributed by atoms with Crippen molar-refractivity contribution < 1.29 is 14.3 Å². The fourth-order valence-electron chi connectivity index (χ4n) is 2.31. The van der Waals surface area contributed by atoms with Gasteiger partial charge in [0, 0.05) is 31.1 Å². The van der Waals surface area contributed by atoms with Crippen molar-refractivity contribution >= 4 is 17.5 Å². The molecule has 1 fully saturated rings. The summed E-state index contributed by atoms with van der Waals surface area (Å²) in [5, 5.41) is 3.59. The van der Waals surface area contributed by atoms with Crippen LogP contribution in [-0.4, -0.2) is 56.9 Å². The topological polar surface area (TPSA) is 50.8 Å². The molecule has 1 aromatic rings. The number of carbonyl (C=O) groups excluding carboxylic acids is 1. The number of amides is 1. The van der Waals surface area contributed by atoms with Crippen LogP contribution in [0.15, 0.2) is 24.3 Å². The summed E-state index contributed by atoms with van der Waals surface area (Å²) in [7, 11) is 1.99. The van der Waals surface area contributed by atoms with Crippen LogP contribution >= 0.6 is 11.6 Å². The molecule has 5 nitrogen and oxygen atoms in total. The van der Waals surface area contributed by atoms with Gasteiger partial charge in [-0.25, -0.2) is 0 Å². The number of halogens is 1. The van der Waals surface area contributed by atoms with E-state index in [0.717, 1.165) is 12.1 Å². The third-order valence-electron chi connectivity index (χ3n) is 3.50. The highest BCUT2D eigenvalue weighted by Crippen LogP contribution is 2.10. The molecule has 1 unspecified atom stereocenters. The number of nitrogens with zero attached hydrogens (tertiary/aromatic N) is 1. The molecule has 2 rings (SSSR count). The minimum Gasteiger partial charge on any atom is -0.376 e.